The molecule has 1 aliphatic rings. The molecule has 0 N–H and O–H groups in total. The van der Waals surface area contributed by atoms with Gasteiger partial charge >= 0.3 is 0 Å². The molecule has 2 heteroatoms. The molecule has 0 aromatic heterocycles. The molecule has 1 heterocycles. The normalized spacial score (nSPS) is 24.4. The Morgan fingerprint density at radius 3 is 2.84 bits per heavy atom. The minimum atomic E-state index is -0.185. The summed E-state index contributed by atoms with van der Waals surface area (Å²) >= 11 is 0. The van der Waals surface area contributed by atoms with Gasteiger partial charge in [0.1, 0.15) is 0 Å². The highest BCUT2D eigenvalue weighted by molar-refractivity contribution is 5.16. The monoisotopic (exact) mass is 260 g/mol. The Balaban J connectivity index is 1.86. The fourth-order valence-electron chi connectivity index (χ4n) is 2.43. The lowest BCUT2D eigenvalue weighted by Gasteiger charge is -2.30. The van der Waals surface area contributed by atoms with Crippen molar-refractivity contribution in [3.63, 3.8) is 0 Å². The molecular formula is C17H24O2. The van der Waals surface area contributed by atoms with Gasteiger partial charge in [-0.05, 0) is 32.6 Å². The standard InChI is InChI=1S/C17H24O2/c1-3-7-14(2)10-11-16-12-13-18-17(19-16)15-8-5-4-6-9-15/h4-9,16-17H,3,10-13H2,1-2H3/t16-,17?/m0/s1. The summed E-state index contributed by atoms with van der Waals surface area (Å²) in [6, 6.07) is 10.2. The van der Waals surface area contributed by atoms with Crippen LogP contribution in [0.4, 0.5) is 0 Å². The van der Waals surface area contributed by atoms with Crippen LogP contribution in [0.15, 0.2) is 42.0 Å². The molecule has 2 rings (SSSR count). The van der Waals surface area contributed by atoms with Gasteiger partial charge in [0.05, 0.1) is 12.7 Å². The molecule has 1 saturated heterocycles. The zero-order valence-corrected chi connectivity index (χ0v) is 12.0. The fraction of sp³-hybridized carbons (Fsp3) is 0.529. The van der Waals surface area contributed by atoms with Gasteiger partial charge in [-0.2, -0.15) is 0 Å². The summed E-state index contributed by atoms with van der Waals surface area (Å²) in [6.45, 7) is 5.18. The molecule has 0 radical (unpaired) electrons. The maximum Gasteiger partial charge on any atom is 0.184 e. The van der Waals surface area contributed by atoms with Crippen LogP contribution in [-0.2, 0) is 9.47 Å². The lowest BCUT2D eigenvalue weighted by molar-refractivity contribution is -0.218. The molecule has 0 saturated carbocycles. The van der Waals surface area contributed by atoms with E-state index >= 15 is 0 Å². The molecule has 104 valence electrons. The average molecular weight is 260 g/mol. The Morgan fingerprint density at radius 1 is 1.32 bits per heavy atom. The van der Waals surface area contributed by atoms with Gasteiger partial charge < -0.3 is 9.47 Å². The summed E-state index contributed by atoms with van der Waals surface area (Å²) in [6.07, 6.45) is 6.77. The third-order valence-electron chi connectivity index (χ3n) is 3.51. The van der Waals surface area contributed by atoms with Crippen molar-refractivity contribution in [2.75, 3.05) is 6.61 Å². The largest absolute Gasteiger partial charge is 0.348 e. The van der Waals surface area contributed by atoms with E-state index in [-0.39, 0.29) is 6.29 Å². The Hall–Kier alpha value is -1.12. The maximum absolute atomic E-state index is 6.05. The van der Waals surface area contributed by atoms with Gasteiger partial charge in [0, 0.05) is 5.56 Å². The lowest BCUT2D eigenvalue weighted by Crippen LogP contribution is -2.27. The predicted octanol–water partition coefficient (Wildman–Crippen LogP) is 4.63. The van der Waals surface area contributed by atoms with Gasteiger partial charge in [0.2, 0.25) is 0 Å². The zero-order valence-electron chi connectivity index (χ0n) is 12.0. The van der Waals surface area contributed by atoms with Crippen LogP contribution < -0.4 is 0 Å². The van der Waals surface area contributed by atoms with Crippen LogP contribution in [0.5, 0.6) is 0 Å². The van der Waals surface area contributed by atoms with Gasteiger partial charge in [-0.3, -0.25) is 0 Å². The maximum atomic E-state index is 6.05. The number of allylic oxidation sites excluding steroid dienone is 2. The van der Waals surface area contributed by atoms with Crippen molar-refractivity contribution in [2.24, 2.45) is 0 Å². The smallest absolute Gasteiger partial charge is 0.184 e. The van der Waals surface area contributed by atoms with E-state index in [1.165, 1.54) is 5.57 Å². The molecule has 2 nitrogen and oxygen atoms in total. The van der Waals surface area contributed by atoms with Crippen molar-refractivity contribution in [3.05, 3.63) is 47.5 Å². The molecule has 0 spiro atoms. The van der Waals surface area contributed by atoms with Gasteiger partial charge in [0.15, 0.2) is 6.29 Å². The quantitative estimate of drug-likeness (QED) is 0.719. The molecular weight excluding hydrogens is 236 g/mol. The van der Waals surface area contributed by atoms with E-state index in [1.54, 1.807) is 0 Å². The molecule has 0 bridgehead atoms. The van der Waals surface area contributed by atoms with E-state index in [1.807, 2.05) is 18.2 Å². The topological polar surface area (TPSA) is 18.5 Å². The first-order valence-electron chi connectivity index (χ1n) is 7.27. The Morgan fingerprint density at radius 2 is 2.11 bits per heavy atom. The number of hydrogen-bond donors (Lipinski definition) is 0. The molecule has 0 aliphatic carbocycles. The van der Waals surface area contributed by atoms with E-state index < -0.39 is 0 Å². The molecule has 1 unspecified atom stereocenters. The number of hydrogen-bond acceptors (Lipinski definition) is 2. The first kappa shape index (κ1) is 14.3. The van der Waals surface area contributed by atoms with E-state index in [9.17, 15) is 0 Å². The van der Waals surface area contributed by atoms with Gasteiger partial charge in [-0.15, -0.1) is 0 Å². The predicted molar refractivity (Wildman–Crippen MR) is 77.9 cm³/mol. The Labute approximate surface area is 116 Å². The summed E-state index contributed by atoms with van der Waals surface area (Å²) in [5.74, 6) is 0. The van der Waals surface area contributed by atoms with E-state index in [0.29, 0.717) is 6.10 Å². The van der Waals surface area contributed by atoms with Crippen molar-refractivity contribution in [1.82, 2.24) is 0 Å². The minimum absolute atomic E-state index is 0.185. The molecule has 19 heavy (non-hydrogen) atoms. The second-order valence-corrected chi connectivity index (χ2v) is 5.16. The molecule has 1 aliphatic heterocycles. The van der Waals surface area contributed by atoms with Crippen LogP contribution in [0, 0.1) is 0 Å². The first-order chi connectivity index (χ1) is 9.29. The Kier molecular flexibility index (Phi) is 5.62. The zero-order chi connectivity index (χ0) is 13.5. The molecule has 1 aromatic carbocycles. The summed E-state index contributed by atoms with van der Waals surface area (Å²) in [4.78, 5) is 0. The highest BCUT2D eigenvalue weighted by atomic mass is 16.7. The van der Waals surface area contributed by atoms with Crippen molar-refractivity contribution in [1.29, 1.82) is 0 Å². The highest BCUT2D eigenvalue weighted by Gasteiger charge is 2.23. The van der Waals surface area contributed by atoms with Crippen molar-refractivity contribution in [2.45, 2.75) is 51.9 Å². The number of rotatable bonds is 5. The molecule has 1 aromatic rings. The van der Waals surface area contributed by atoms with E-state index in [0.717, 1.165) is 37.9 Å². The first-order valence-corrected chi connectivity index (χ1v) is 7.27. The lowest BCUT2D eigenvalue weighted by atomic mass is 10.0. The van der Waals surface area contributed by atoms with E-state index in [4.69, 9.17) is 9.47 Å². The molecule has 1 fully saturated rings. The molecule has 0 amide bonds. The summed E-state index contributed by atoms with van der Waals surface area (Å²) in [7, 11) is 0. The fourth-order valence-corrected chi connectivity index (χ4v) is 2.43. The van der Waals surface area contributed by atoms with Gasteiger partial charge in [0.25, 0.3) is 0 Å². The number of benzene rings is 1. The third-order valence-corrected chi connectivity index (χ3v) is 3.51. The van der Waals surface area contributed by atoms with Crippen molar-refractivity contribution >= 4 is 0 Å². The Bertz CT molecular complexity index is 397. The second-order valence-electron chi connectivity index (χ2n) is 5.16. The van der Waals surface area contributed by atoms with Crippen molar-refractivity contribution < 1.29 is 9.47 Å². The second kappa shape index (κ2) is 7.46. The van der Waals surface area contributed by atoms with E-state index in [2.05, 4.69) is 32.1 Å². The van der Waals surface area contributed by atoms with Gasteiger partial charge in [-0.1, -0.05) is 48.9 Å². The van der Waals surface area contributed by atoms with Crippen LogP contribution >= 0.6 is 0 Å². The van der Waals surface area contributed by atoms with Crippen LogP contribution in [0.25, 0.3) is 0 Å². The van der Waals surface area contributed by atoms with Crippen LogP contribution in [0.2, 0.25) is 0 Å². The van der Waals surface area contributed by atoms with Crippen LogP contribution in [0.3, 0.4) is 0 Å². The van der Waals surface area contributed by atoms with Gasteiger partial charge in [-0.25, -0.2) is 0 Å². The SMILES string of the molecule is CCC=C(C)CC[C@H]1CCOC(c2ccccc2)O1. The average Bonchev–Trinajstić information content (AvgIpc) is 2.47. The van der Waals surface area contributed by atoms with Crippen molar-refractivity contribution in [3.8, 4) is 0 Å². The summed E-state index contributed by atoms with van der Waals surface area (Å²) < 4.78 is 11.8. The third kappa shape index (κ3) is 4.48. The summed E-state index contributed by atoms with van der Waals surface area (Å²) in [5, 5.41) is 0. The van der Waals surface area contributed by atoms with Crippen LogP contribution in [-0.4, -0.2) is 12.7 Å². The highest BCUT2D eigenvalue weighted by Crippen LogP contribution is 2.28. The number of ether oxygens (including phenoxy) is 2. The minimum Gasteiger partial charge on any atom is -0.348 e. The van der Waals surface area contributed by atoms with Crippen LogP contribution in [0.1, 0.15) is 51.4 Å². The molecule has 2 atom stereocenters. The summed E-state index contributed by atoms with van der Waals surface area (Å²) in [5.41, 5.74) is 2.59.